The summed E-state index contributed by atoms with van der Waals surface area (Å²) >= 11 is 5.91. The molecule has 1 amide bonds. The Morgan fingerprint density at radius 1 is 1.24 bits per heavy atom. The fraction of sp³-hybridized carbons (Fsp3) is 0.368. The minimum atomic E-state index is -4.43. The van der Waals surface area contributed by atoms with Crippen LogP contribution in [0.15, 0.2) is 24.3 Å². The number of amides is 1. The third-order valence-electron chi connectivity index (χ3n) is 4.20. The Kier molecular flexibility index (Phi) is 6.84. The van der Waals surface area contributed by atoms with Gasteiger partial charge in [0.2, 0.25) is 0 Å². The summed E-state index contributed by atoms with van der Waals surface area (Å²) in [4.78, 5) is 24.8. The van der Waals surface area contributed by atoms with Gasteiger partial charge in [0.05, 0.1) is 18.4 Å². The highest BCUT2D eigenvalue weighted by molar-refractivity contribution is 6.31. The number of carbonyl (C=O) groups excluding carboxylic acids is 2. The van der Waals surface area contributed by atoms with Gasteiger partial charge in [-0.3, -0.25) is 4.79 Å². The molecule has 1 atom stereocenters. The molecule has 1 heterocycles. The van der Waals surface area contributed by atoms with Crippen LogP contribution in [0.3, 0.4) is 0 Å². The molecule has 2 aromatic rings. The molecule has 1 aromatic heterocycles. The first kappa shape index (κ1) is 22.6. The molecule has 0 spiro atoms. The van der Waals surface area contributed by atoms with Crippen molar-refractivity contribution in [3.63, 3.8) is 0 Å². The van der Waals surface area contributed by atoms with Gasteiger partial charge in [-0.2, -0.15) is 13.2 Å². The number of esters is 1. The molecule has 0 fully saturated rings. The SMILES string of the molecule is COc1ccc(Cl)cc1NC(=O)C(C)OC(=O)c1cc(C)n(CC(F)(F)F)c1C. The topological polar surface area (TPSA) is 69.6 Å². The molecule has 6 nitrogen and oxygen atoms in total. The number of aromatic nitrogens is 1. The number of benzene rings is 1. The van der Waals surface area contributed by atoms with Gasteiger partial charge < -0.3 is 19.4 Å². The van der Waals surface area contributed by atoms with Crippen molar-refractivity contribution in [1.29, 1.82) is 0 Å². The van der Waals surface area contributed by atoms with Crippen LogP contribution in [0.25, 0.3) is 0 Å². The van der Waals surface area contributed by atoms with Gasteiger partial charge in [0, 0.05) is 16.4 Å². The van der Waals surface area contributed by atoms with E-state index in [2.05, 4.69) is 5.32 Å². The second kappa shape index (κ2) is 8.77. The average Bonchev–Trinajstić information content (AvgIpc) is 2.88. The molecule has 0 aliphatic heterocycles. The van der Waals surface area contributed by atoms with Crippen molar-refractivity contribution in [2.24, 2.45) is 0 Å². The monoisotopic (exact) mass is 432 g/mol. The Bertz CT molecular complexity index is 925. The lowest BCUT2D eigenvalue weighted by atomic mass is 10.2. The fourth-order valence-electron chi connectivity index (χ4n) is 2.72. The Labute approximate surface area is 170 Å². The van der Waals surface area contributed by atoms with E-state index in [1.54, 1.807) is 12.1 Å². The molecule has 0 bridgehead atoms. The van der Waals surface area contributed by atoms with Crippen molar-refractivity contribution in [2.45, 2.75) is 39.6 Å². The van der Waals surface area contributed by atoms with Gasteiger partial charge in [0.15, 0.2) is 6.10 Å². The van der Waals surface area contributed by atoms with Crippen molar-refractivity contribution in [3.05, 3.63) is 46.2 Å². The van der Waals surface area contributed by atoms with E-state index >= 15 is 0 Å². The minimum Gasteiger partial charge on any atom is -0.495 e. The normalized spacial score (nSPS) is 12.4. The summed E-state index contributed by atoms with van der Waals surface area (Å²) < 4.78 is 49.4. The van der Waals surface area contributed by atoms with E-state index in [1.807, 2.05) is 0 Å². The zero-order valence-corrected chi connectivity index (χ0v) is 16.9. The molecule has 0 saturated carbocycles. The first-order valence-corrected chi connectivity index (χ1v) is 8.89. The molecule has 10 heteroatoms. The van der Waals surface area contributed by atoms with Crippen LogP contribution in [0.1, 0.15) is 28.7 Å². The standard InChI is InChI=1S/C19H20ClF3N2O4/c1-10-7-14(11(2)25(10)9-19(21,22)23)18(27)29-12(3)17(26)24-15-8-13(20)5-6-16(15)28-4/h5-8,12H,9H2,1-4H3,(H,24,26). The largest absolute Gasteiger partial charge is 0.495 e. The third kappa shape index (κ3) is 5.66. The highest BCUT2D eigenvalue weighted by atomic mass is 35.5. The number of rotatable bonds is 6. The third-order valence-corrected chi connectivity index (χ3v) is 4.44. The molecular formula is C19H20ClF3N2O4. The van der Waals surface area contributed by atoms with E-state index in [-0.39, 0.29) is 22.6 Å². The van der Waals surface area contributed by atoms with Crippen molar-refractivity contribution >= 4 is 29.2 Å². The number of carbonyl (C=O) groups is 2. The van der Waals surface area contributed by atoms with E-state index in [4.69, 9.17) is 21.1 Å². The lowest BCUT2D eigenvalue weighted by Gasteiger charge is -2.16. The van der Waals surface area contributed by atoms with Crippen LogP contribution >= 0.6 is 11.6 Å². The summed E-state index contributed by atoms with van der Waals surface area (Å²) in [6.07, 6.45) is -5.64. The molecule has 158 valence electrons. The summed E-state index contributed by atoms with van der Waals surface area (Å²) in [5, 5.41) is 2.91. The number of anilines is 1. The predicted molar refractivity (Wildman–Crippen MR) is 101 cm³/mol. The minimum absolute atomic E-state index is 0.0354. The number of methoxy groups -OCH3 is 1. The lowest BCUT2D eigenvalue weighted by molar-refractivity contribution is -0.141. The van der Waals surface area contributed by atoms with E-state index in [1.165, 1.54) is 40.0 Å². The number of aryl methyl sites for hydroxylation is 1. The zero-order chi connectivity index (χ0) is 21.9. The van der Waals surface area contributed by atoms with Crippen molar-refractivity contribution < 1.29 is 32.2 Å². The summed E-state index contributed by atoms with van der Waals surface area (Å²) in [5.74, 6) is -1.19. The van der Waals surface area contributed by atoms with Gasteiger partial charge in [0.1, 0.15) is 12.3 Å². The molecule has 29 heavy (non-hydrogen) atoms. The molecule has 0 aliphatic rings. The maximum Gasteiger partial charge on any atom is 0.406 e. The van der Waals surface area contributed by atoms with Crippen molar-refractivity contribution in [1.82, 2.24) is 4.57 Å². The van der Waals surface area contributed by atoms with Gasteiger partial charge in [-0.05, 0) is 45.0 Å². The molecule has 0 saturated heterocycles. The van der Waals surface area contributed by atoms with E-state index in [0.29, 0.717) is 10.8 Å². The number of nitrogens with one attached hydrogen (secondary N) is 1. The first-order chi connectivity index (χ1) is 13.4. The summed E-state index contributed by atoms with van der Waals surface area (Å²) in [5.41, 5.74) is 0.615. The van der Waals surface area contributed by atoms with Crippen LogP contribution in [-0.4, -0.2) is 35.8 Å². The molecular weight excluding hydrogens is 413 g/mol. The van der Waals surface area contributed by atoms with Crippen LogP contribution in [0.5, 0.6) is 5.75 Å². The smallest absolute Gasteiger partial charge is 0.406 e. The second-order valence-corrected chi connectivity index (χ2v) is 6.80. The van der Waals surface area contributed by atoms with Crippen LogP contribution in [-0.2, 0) is 16.1 Å². The van der Waals surface area contributed by atoms with Gasteiger partial charge in [-0.25, -0.2) is 4.79 Å². The number of alkyl halides is 3. The van der Waals surface area contributed by atoms with Crippen LogP contribution in [0, 0.1) is 13.8 Å². The van der Waals surface area contributed by atoms with Gasteiger partial charge in [-0.15, -0.1) is 0 Å². The summed E-state index contributed by atoms with van der Waals surface area (Å²) in [7, 11) is 1.42. The van der Waals surface area contributed by atoms with Crippen LogP contribution in [0.4, 0.5) is 18.9 Å². The Morgan fingerprint density at radius 2 is 1.90 bits per heavy atom. The molecule has 2 rings (SSSR count). The Hall–Kier alpha value is -2.68. The highest BCUT2D eigenvalue weighted by Gasteiger charge is 2.31. The van der Waals surface area contributed by atoms with Gasteiger partial charge in [-0.1, -0.05) is 11.6 Å². The highest BCUT2D eigenvalue weighted by Crippen LogP contribution is 2.28. The molecule has 0 aliphatic carbocycles. The quantitative estimate of drug-likeness (QED) is 0.682. The summed E-state index contributed by atoms with van der Waals surface area (Å²) in [6.45, 7) is 2.97. The van der Waals surface area contributed by atoms with Gasteiger partial charge in [0.25, 0.3) is 5.91 Å². The lowest BCUT2D eigenvalue weighted by Crippen LogP contribution is -2.30. The molecule has 1 N–H and O–H groups in total. The average molecular weight is 433 g/mol. The number of ether oxygens (including phenoxy) is 2. The van der Waals surface area contributed by atoms with E-state index in [0.717, 1.165) is 4.57 Å². The number of nitrogens with zero attached hydrogens (tertiary/aromatic N) is 1. The Balaban J connectivity index is 2.12. The van der Waals surface area contributed by atoms with Crippen LogP contribution < -0.4 is 10.1 Å². The van der Waals surface area contributed by atoms with Crippen LogP contribution in [0.2, 0.25) is 5.02 Å². The predicted octanol–water partition coefficient (Wildman–Crippen LogP) is 4.51. The maximum absolute atomic E-state index is 12.7. The number of hydrogen-bond donors (Lipinski definition) is 1. The van der Waals surface area contributed by atoms with Crippen molar-refractivity contribution in [3.8, 4) is 5.75 Å². The maximum atomic E-state index is 12.7. The zero-order valence-electron chi connectivity index (χ0n) is 16.2. The molecule has 1 unspecified atom stereocenters. The summed E-state index contributed by atoms with van der Waals surface area (Å²) in [6, 6.07) is 5.91. The van der Waals surface area contributed by atoms with Crippen molar-refractivity contribution in [2.75, 3.05) is 12.4 Å². The Morgan fingerprint density at radius 3 is 2.48 bits per heavy atom. The second-order valence-electron chi connectivity index (χ2n) is 6.37. The number of hydrogen-bond acceptors (Lipinski definition) is 4. The van der Waals surface area contributed by atoms with E-state index < -0.39 is 30.7 Å². The first-order valence-electron chi connectivity index (χ1n) is 8.51. The van der Waals surface area contributed by atoms with Gasteiger partial charge >= 0.3 is 12.1 Å². The molecule has 0 radical (unpaired) electrons. The fourth-order valence-corrected chi connectivity index (χ4v) is 2.89. The molecule has 1 aromatic carbocycles. The van der Waals surface area contributed by atoms with E-state index in [9.17, 15) is 22.8 Å². The number of halogens is 4.